The number of aromatic nitrogens is 2. The summed E-state index contributed by atoms with van der Waals surface area (Å²) in [5.41, 5.74) is 5.03. The van der Waals surface area contributed by atoms with Crippen LogP contribution in [0.2, 0.25) is 0 Å². The van der Waals surface area contributed by atoms with E-state index in [9.17, 15) is 9.90 Å². The molecular weight excluding hydrogens is 512 g/mol. The predicted molar refractivity (Wildman–Crippen MR) is 153 cm³/mol. The standard InChI is InChI=1S/C30H36N4O4.H2S/c1-20-26-7-11-34(16-22(26)2-5-28(20)37-18-25-15-31-19-38-25)17-24(35)3-4-27(36)21-6-10-32-29(12-21)33-23-13-30(14-23)8-9-30;/h2,5-6,10,12,15,19,23-24,35H,3-4,7-9,11,13-14,16-18H2,1H3,(H,32,33);1H2/t24-;/m0./s1. The lowest BCUT2D eigenvalue weighted by Gasteiger charge is -2.36. The number of β-amino-alcohol motifs (C(OH)–C–C–N with tert-alkyl or cyclic N) is 1. The quantitative estimate of drug-likeness (QED) is 0.328. The predicted octanol–water partition coefficient (Wildman–Crippen LogP) is 4.81. The van der Waals surface area contributed by atoms with Crippen molar-refractivity contribution in [3.05, 3.63) is 71.1 Å². The van der Waals surface area contributed by atoms with Crippen LogP contribution in [0.25, 0.3) is 0 Å². The molecule has 3 aromatic rings. The van der Waals surface area contributed by atoms with Gasteiger partial charge in [-0.2, -0.15) is 13.5 Å². The summed E-state index contributed by atoms with van der Waals surface area (Å²) in [7, 11) is 0. The van der Waals surface area contributed by atoms with Gasteiger partial charge in [0.05, 0.1) is 12.3 Å². The van der Waals surface area contributed by atoms with E-state index in [4.69, 9.17) is 9.15 Å². The number of hydrogen-bond acceptors (Lipinski definition) is 8. The summed E-state index contributed by atoms with van der Waals surface area (Å²) in [4.78, 5) is 23.4. The van der Waals surface area contributed by atoms with Crippen molar-refractivity contribution in [1.82, 2.24) is 14.9 Å². The number of ketones is 1. The summed E-state index contributed by atoms with van der Waals surface area (Å²) in [5.74, 6) is 2.40. The van der Waals surface area contributed by atoms with E-state index in [1.54, 1.807) is 18.5 Å². The monoisotopic (exact) mass is 550 g/mol. The van der Waals surface area contributed by atoms with Gasteiger partial charge in [-0.25, -0.2) is 9.97 Å². The number of carbonyl (C=O) groups excluding carboxylic acids is 1. The first-order chi connectivity index (χ1) is 18.5. The number of fused-ring (bicyclic) bond motifs is 1. The number of hydrogen-bond donors (Lipinski definition) is 2. The van der Waals surface area contributed by atoms with Crippen molar-refractivity contribution in [2.24, 2.45) is 5.41 Å². The van der Waals surface area contributed by atoms with Gasteiger partial charge in [0.15, 0.2) is 17.9 Å². The second-order valence-electron chi connectivity index (χ2n) is 11.4. The summed E-state index contributed by atoms with van der Waals surface area (Å²) >= 11 is 0. The van der Waals surface area contributed by atoms with Crippen molar-refractivity contribution in [3.8, 4) is 5.75 Å². The first-order valence-corrected chi connectivity index (χ1v) is 13.7. The Labute approximate surface area is 236 Å². The Morgan fingerprint density at radius 3 is 2.92 bits per heavy atom. The number of aliphatic hydroxyl groups is 1. The molecule has 0 saturated heterocycles. The lowest BCUT2D eigenvalue weighted by molar-refractivity contribution is 0.0836. The summed E-state index contributed by atoms with van der Waals surface area (Å²) in [6, 6.07) is 8.24. The Balaban J connectivity index is 0.00000308. The largest absolute Gasteiger partial charge is 0.485 e. The van der Waals surface area contributed by atoms with E-state index in [0.29, 0.717) is 48.8 Å². The highest BCUT2D eigenvalue weighted by Crippen LogP contribution is 2.61. The molecule has 1 aliphatic heterocycles. The SMILES string of the molecule is Cc1c(OCc2cnco2)ccc2c1CCN(C[C@@H](O)CCC(=O)c1ccnc(NC3CC4(CC4)C3)c1)C2.S. The molecule has 9 heteroatoms. The molecule has 208 valence electrons. The molecule has 1 atom stereocenters. The molecule has 2 saturated carbocycles. The minimum atomic E-state index is -0.546. The number of benzene rings is 1. The van der Waals surface area contributed by atoms with Gasteiger partial charge in [0, 0.05) is 43.9 Å². The molecule has 3 heterocycles. The number of Topliss-reactive ketones (excluding diaryl/α,β-unsaturated/α-hetero) is 1. The summed E-state index contributed by atoms with van der Waals surface area (Å²) in [6.07, 6.45) is 11.1. The maximum absolute atomic E-state index is 12.8. The number of nitrogens with zero attached hydrogens (tertiary/aromatic N) is 3. The number of oxazole rings is 1. The fraction of sp³-hybridized carbons (Fsp3) is 0.500. The summed E-state index contributed by atoms with van der Waals surface area (Å²) in [5, 5.41) is 14.2. The van der Waals surface area contributed by atoms with Crippen LogP contribution in [0.15, 0.2) is 47.5 Å². The van der Waals surface area contributed by atoms with Crippen LogP contribution in [0, 0.1) is 12.3 Å². The van der Waals surface area contributed by atoms with E-state index >= 15 is 0 Å². The van der Waals surface area contributed by atoms with Crippen LogP contribution >= 0.6 is 13.5 Å². The molecule has 2 N–H and O–H groups in total. The lowest BCUT2D eigenvalue weighted by atomic mass is 9.77. The molecule has 8 nitrogen and oxygen atoms in total. The highest BCUT2D eigenvalue weighted by molar-refractivity contribution is 7.59. The number of anilines is 1. The van der Waals surface area contributed by atoms with Crippen molar-refractivity contribution < 1.29 is 19.1 Å². The maximum atomic E-state index is 12.8. The van der Waals surface area contributed by atoms with Gasteiger partial charge in [-0.05, 0) is 85.8 Å². The Hall–Kier alpha value is -2.88. The molecule has 1 spiro atoms. The first kappa shape index (κ1) is 27.7. The zero-order chi connectivity index (χ0) is 26.1. The van der Waals surface area contributed by atoms with Crippen molar-refractivity contribution in [2.45, 2.75) is 77.2 Å². The van der Waals surface area contributed by atoms with Crippen LogP contribution in [0.4, 0.5) is 5.82 Å². The third-order valence-corrected chi connectivity index (χ3v) is 8.49. The number of ether oxygens (including phenoxy) is 1. The number of pyridine rings is 1. The van der Waals surface area contributed by atoms with Crippen LogP contribution in [-0.4, -0.2) is 51.0 Å². The summed E-state index contributed by atoms with van der Waals surface area (Å²) in [6.45, 7) is 4.66. The van der Waals surface area contributed by atoms with Crippen LogP contribution in [0.3, 0.4) is 0 Å². The highest BCUT2D eigenvalue weighted by Gasteiger charge is 2.52. The fourth-order valence-electron chi connectivity index (χ4n) is 6.05. The van der Waals surface area contributed by atoms with Crippen LogP contribution < -0.4 is 10.1 Å². The van der Waals surface area contributed by atoms with Crippen molar-refractivity contribution in [1.29, 1.82) is 0 Å². The van der Waals surface area contributed by atoms with Gasteiger partial charge in [0.25, 0.3) is 0 Å². The number of nitrogens with one attached hydrogen (secondary N) is 1. The molecule has 2 aromatic heterocycles. The third kappa shape index (κ3) is 6.48. The molecule has 0 radical (unpaired) electrons. The zero-order valence-corrected chi connectivity index (χ0v) is 23.5. The maximum Gasteiger partial charge on any atom is 0.181 e. The minimum absolute atomic E-state index is 0. The van der Waals surface area contributed by atoms with Gasteiger partial charge in [-0.15, -0.1) is 0 Å². The Kier molecular flexibility index (Phi) is 8.30. The zero-order valence-electron chi connectivity index (χ0n) is 22.5. The molecule has 39 heavy (non-hydrogen) atoms. The van der Waals surface area contributed by atoms with Crippen LogP contribution in [0.5, 0.6) is 5.75 Å². The van der Waals surface area contributed by atoms with Gasteiger partial charge in [0.2, 0.25) is 0 Å². The summed E-state index contributed by atoms with van der Waals surface area (Å²) < 4.78 is 11.2. The molecule has 6 rings (SSSR count). The van der Waals surface area contributed by atoms with Crippen molar-refractivity contribution in [3.63, 3.8) is 0 Å². The minimum Gasteiger partial charge on any atom is -0.485 e. The number of carbonyl (C=O) groups is 1. The molecule has 0 amide bonds. The second kappa shape index (κ2) is 11.7. The Morgan fingerprint density at radius 1 is 1.31 bits per heavy atom. The molecule has 3 aliphatic rings. The molecule has 0 bridgehead atoms. The topological polar surface area (TPSA) is 101 Å². The molecule has 0 unspecified atom stereocenters. The smallest absolute Gasteiger partial charge is 0.181 e. The average molecular weight is 551 g/mol. The molecule has 1 aromatic carbocycles. The van der Waals surface area contributed by atoms with Gasteiger partial charge >= 0.3 is 0 Å². The van der Waals surface area contributed by atoms with E-state index in [-0.39, 0.29) is 19.3 Å². The van der Waals surface area contributed by atoms with Gasteiger partial charge < -0.3 is 19.6 Å². The van der Waals surface area contributed by atoms with Crippen molar-refractivity contribution >= 4 is 25.1 Å². The van der Waals surface area contributed by atoms with Crippen LogP contribution in [-0.2, 0) is 19.6 Å². The van der Waals surface area contributed by atoms with E-state index in [2.05, 4.69) is 33.2 Å². The highest BCUT2D eigenvalue weighted by atomic mass is 32.1. The van der Waals surface area contributed by atoms with Crippen molar-refractivity contribution in [2.75, 3.05) is 18.4 Å². The fourth-order valence-corrected chi connectivity index (χ4v) is 6.05. The van der Waals surface area contributed by atoms with E-state index in [0.717, 1.165) is 36.6 Å². The van der Waals surface area contributed by atoms with E-state index in [1.807, 2.05) is 12.1 Å². The molecular formula is C30H38N4O4S. The third-order valence-electron chi connectivity index (χ3n) is 8.49. The normalized spacial score (nSPS) is 18.5. The number of aliphatic hydroxyl groups excluding tert-OH is 1. The average Bonchev–Trinajstić information content (AvgIpc) is 3.52. The first-order valence-electron chi connectivity index (χ1n) is 13.7. The second-order valence-corrected chi connectivity index (χ2v) is 11.4. The van der Waals surface area contributed by atoms with Gasteiger partial charge in [-0.3, -0.25) is 9.69 Å². The van der Waals surface area contributed by atoms with Gasteiger partial charge in [-0.1, -0.05) is 6.07 Å². The molecule has 2 fully saturated rings. The Bertz CT molecular complexity index is 1290. The molecule has 2 aliphatic carbocycles. The van der Waals surface area contributed by atoms with E-state index in [1.165, 1.54) is 43.2 Å². The van der Waals surface area contributed by atoms with Crippen LogP contribution in [0.1, 0.15) is 71.3 Å². The Morgan fingerprint density at radius 2 is 2.15 bits per heavy atom. The van der Waals surface area contributed by atoms with Gasteiger partial charge in [0.1, 0.15) is 18.2 Å². The lowest BCUT2D eigenvalue weighted by Crippen LogP contribution is -2.37. The number of rotatable bonds is 11. The van der Waals surface area contributed by atoms with E-state index < -0.39 is 6.10 Å².